The summed E-state index contributed by atoms with van der Waals surface area (Å²) in [5.74, 6) is -4.25. The first-order valence-electron chi connectivity index (χ1n) is 11.2. The molecule has 0 aliphatic rings. The third kappa shape index (κ3) is 9.06. The summed E-state index contributed by atoms with van der Waals surface area (Å²) in [4.78, 5) is 37.7. The monoisotopic (exact) mass is 565 g/mol. The molecule has 5 atom stereocenters. The number of para-hydroxylation sites is 1. The van der Waals surface area contributed by atoms with Gasteiger partial charge in [-0.2, -0.15) is 5.09 Å². The van der Waals surface area contributed by atoms with Crippen molar-refractivity contribution < 1.29 is 37.4 Å². The molecule has 1 heterocycles. The quantitative estimate of drug-likeness (QED) is 0.176. The standard InChI is InChI=1S/C22H30ClFN3O9P/c1-14(2)34-20(30)15(3)26-37(32,36-17-8-6-5-7-9-17)33-13-22(24,16(4)28)35-19(12-23)27-11-10-18(29)25-21(27)31/h5-11,14-16,19,28H,12-13H2,1-4H3,(H,26,32)(H,25,29,31)/t15-,16-,19+,22+,37?/m0/s1. The first kappa shape index (κ1) is 30.7. The highest BCUT2D eigenvalue weighted by Gasteiger charge is 2.44. The highest BCUT2D eigenvalue weighted by atomic mass is 35.5. The first-order chi connectivity index (χ1) is 17.3. The van der Waals surface area contributed by atoms with E-state index in [0.717, 1.165) is 23.8 Å². The van der Waals surface area contributed by atoms with E-state index >= 15 is 4.39 Å². The van der Waals surface area contributed by atoms with Gasteiger partial charge in [0.05, 0.1) is 12.0 Å². The van der Waals surface area contributed by atoms with E-state index < -0.39 is 67.8 Å². The van der Waals surface area contributed by atoms with Gasteiger partial charge in [-0.3, -0.25) is 23.7 Å². The third-order valence-electron chi connectivity index (χ3n) is 4.71. The van der Waals surface area contributed by atoms with Gasteiger partial charge in [-0.25, -0.2) is 13.8 Å². The van der Waals surface area contributed by atoms with Crippen molar-refractivity contribution in [2.24, 2.45) is 0 Å². The summed E-state index contributed by atoms with van der Waals surface area (Å²) in [5, 5.41) is 12.5. The first-order valence-corrected chi connectivity index (χ1v) is 13.3. The molecular weight excluding hydrogens is 536 g/mol. The number of benzene rings is 1. The normalized spacial score (nSPS) is 17.3. The topological polar surface area (TPSA) is 158 Å². The van der Waals surface area contributed by atoms with Crippen molar-refractivity contribution in [2.75, 3.05) is 12.5 Å². The van der Waals surface area contributed by atoms with Crippen LogP contribution in [0.4, 0.5) is 4.39 Å². The number of alkyl halides is 2. The van der Waals surface area contributed by atoms with E-state index in [4.69, 9.17) is 30.1 Å². The van der Waals surface area contributed by atoms with Crippen molar-refractivity contribution in [1.82, 2.24) is 14.6 Å². The Morgan fingerprint density at radius 1 is 1.22 bits per heavy atom. The molecule has 206 valence electrons. The lowest BCUT2D eigenvalue weighted by atomic mass is 10.2. The van der Waals surface area contributed by atoms with Crippen LogP contribution < -0.4 is 20.9 Å². The Balaban J connectivity index is 2.31. The number of H-pyrrole nitrogens is 1. The van der Waals surface area contributed by atoms with Crippen LogP contribution in [-0.4, -0.2) is 57.2 Å². The van der Waals surface area contributed by atoms with Gasteiger partial charge in [0, 0.05) is 12.3 Å². The maximum Gasteiger partial charge on any atom is 0.459 e. The zero-order chi connectivity index (χ0) is 27.8. The van der Waals surface area contributed by atoms with Gasteiger partial charge in [0.25, 0.3) is 11.4 Å². The molecule has 1 aromatic heterocycles. The molecule has 2 aromatic rings. The third-order valence-corrected chi connectivity index (χ3v) is 6.59. The lowest BCUT2D eigenvalue weighted by Crippen LogP contribution is -2.47. The summed E-state index contributed by atoms with van der Waals surface area (Å²) >= 11 is 5.86. The Bertz CT molecular complexity index is 1190. The molecule has 0 saturated heterocycles. The molecule has 12 nitrogen and oxygen atoms in total. The van der Waals surface area contributed by atoms with Gasteiger partial charge in [-0.05, 0) is 39.8 Å². The van der Waals surface area contributed by atoms with E-state index in [9.17, 15) is 24.1 Å². The summed E-state index contributed by atoms with van der Waals surface area (Å²) in [6.07, 6.45) is -2.82. The average Bonchev–Trinajstić information content (AvgIpc) is 2.81. The maximum atomic E-state index is 15.8. The Labute approximate surface area is 217 Å². The van der Waals surface area contributed by atoms with Crippen LogP contribution in [-0.2, 0) is 23.4 Å². The van der Waals surface area contributed by atoms with Crippen molar-refractivity contribution in [1.29, 1.82) is 0 Å². The molecule has 15 heteroatoms. The molecule has 0 amide bonds. The van der Waals surface area contributed by atoms with E-state index in [1.807, 2.05) is 4.98 Å². The number of aliphatic hydroxyl groups is 1. The Morgan fingerprint density at radius 3 is 2.41 bits per heavy atom. The van der Waals surface area contributed by atoms with Gasteiger partial charge in [-0.1, -0.05) is 18.2 Å². The van der Waals surface area contributed by atoms with Crippen molar-refractivity contribution in [3.05, 3.63) is 63.4 Å². The number of aliphatic hydroxyl groups excluding tert-OH is 1. The van der Waals surface area contributed by atoms with Crippen LogP contribution in [0.1, 0.15) is 33.9 Å². The van der Waals surface area contributed by atoms with Crippen molar-refractivity contribution >= 4 is 25.3 Å². The Hall–Kier alpha value is -2.54. The minimum absolute atomic E-state index is 0.0728. The van der Waals surface area contributed by atoms with Crippen molar-refractivity contribution in [3.63, 3.8) is 0 Å². The summed E-state index contributed by atoms with van der Waals surface area (Å²) < 4.78 is 51.3. The van der Waals surface area contributed by atoms with E-state index in [0.29, 0.717) is 0 Å². The van der Waals surface area contributed by atoms with E-state index in [1.54, 1.807) is 32.0 Å². The van der Waals surface area contributed by atoms with Crippen molar-refractivity contribution in [2.45, 2.75) is 58.0 Å². The summed E-state index contributed by atoms with van der Waals surface area (Å²) in [5.41, 5.74) is -1.64. The molecule has 1 unspecified atom stereocenters. The number of halogens is 2. The molecule has 0 bridgehead atoms. The maximum absolute atomic E-state index is 15.8. The number of carbonyl (C=O) groups is 1. The number of nitrogens with one attached hydrogen (secondary N) is 2. The molecule has 0 radical (unpaired) electrons. The van der Waals surface area contributed by atoms with Crippen LogP contribution in [0.3, 0.4) is 0 Å². The number of carbonyl (C=O) groups excluding carboxylic acids is 1. The van der Waals surface area contributed by atoms with Gasteiger partial charge in [0.2, 0.25) is 0 Å². The largest absolute Gasteiger partial charge is 0.462 e. The predicted molar refractivity (Wildman–Crippen MR) is 132 cm³/mol. The SMILES string of the molecule is CC(C)OC(=O)[C@H](C)NP(=O)(OC[C@@](F)(O[C@H](CCl)n1ccc(=O)[nH]c1=O)[C@H](C)O)Oc1ccccc1. The van der Waals surface area contributed by atoms with Gasteiger partial charge < -0.3 is 19.1 Å². The lowest BCUT2D eigenvalue weighted by Gasteiger charge is -2.33. The number of esters is 1. The number of aromatic amines is 1. The number of ether oxygens (including phenoxy) is 2. The van der Waals surface area contributed by atoms with Gasteiger partial charge in [0.1, 0.15) is 24.5 Å². The zero-order valence-electron chi connectivity index (χ0n) is 20.6. The molecule has 0 aliphatic heterocycles. The highest BCUT2D eigenvalue weighted by molar-refractivity contribution is 7.52. The van der Waals surface area contributed by atoms with E-state index in [2.05, 4.69) is 5.09 Å². The van der Waals surface area contributed by atoms with Gasteiger partial charge in [0.15, 0.2) is 6.23 Å². The predicted octanol–water partition coefficient (Wildman–Crippen LogP) is 2.47. The van der Waals surface area contributed by atoms with Crippen LogP contribution in [0.2, 0.25) is 0 Å². The molecule has 37 heavy (non-hydrogen) atoms. The molecule has 0 spiro atoms. The summed E-state index contributed by atoms with van der Waals surface area (Å²) in [7, 11) is -4.50. The molecule has 0 fully saturated rings. The molecule has 0 saturated carbocycles. The average molecular weight is 566 g/mol. The number of hydrogen-bond donors (Lipinski definition) is 3. The van der Waals surface area contributed by atoms with Crippen LogP contribution in [0, 0.1) is 0 Å². The molecule has 1 aromatic carbocycles. The summed E-state index contributed by atoms with van der Waals surface area (Å²) in [6, 6.07) is 7.54. The minimum atomic E-state index is -4.50. The van der Waals surface area contributed by atoms with E-state index in [1.165, 1.54) is 19.1 Å². The fraction of sp³-hybridized carbons (Fsp3) is 0.500. The zero-order valence-corrected chi connectivity index (χ0v) is 22.3. The Kier molecular flexibility index (Phi) is 11.0. The molecule has 2 rings (SSSR count). The fourth-order valence-electron chi connectivity index (χ4n) is 2.80. The number of hydrogen-bond acceptors (Lipinski definition) is 9. The molecule has 0 aliphatic carbocycles. The second-order valence-corrected chi connectivity index (χ2v) is 10.2. The highest BCUT2D eigenvalue weighted by Crippen LogP contribution is 2.46. The molecular formula is C22H30ClFN3O9P. The smallest absolute Gasteiger partial charge is 0.459 e. The summed E-state index contributed by atoms with van der Waals surface area (Å²) in [6.45, 7) is 4.44. The van der Waals surface area contributed by atoms with Crippen LogP contribution in [0.15, 0.2) is 52.2 Å². The number of aromatic nitrogens is 2. The van der Waals surface area contributed by atoms with Crippen molar-refractivity contribution in [3.8, 4) is 5.75 Å². The fourth-order valence-corrected chi connectivity index (χ4v) is 4.52. The Morgan fingerprint density at radius 2 is 1.86 bits per heavy atom. The second-order valence-electron chi connectivity index (χ2n) is 8.22. The van der Waals surface area contributed by atoms with Crippen LogP contribution in [0.5, 0.6) is 5.75 Å². The van der Waals surface area contributed by atoms with Gasteiger partial charge >= 0.3 is 19.4 Å². The lowest BCUT2D eigenvalue weighted by molar-refractivity contribution is -0.253. The van der Waals surface area contributed by atoms with Gasteiger partial charge in [-0.15, -0.1) is 11.6 Å². The van der Waals surface area contributed by atoms with Crippen LogP contribution in [0.25, 0.3) is 0 Å². The minimum Gasteiger partial charge on any atom is -0.462 e. The number of rotatable bonds is 14. The second kappa shape index (κ2) is 13.3. The molecule has 3 N–H and O–H groups in total. The van der Waals surface area contributed by atoms with E-state index in [-0.39, 0.29) is 5.75 Å². The van der Waals surface area contributed by atoms with Crippen LogP contribution >= 0.6 is 19.3 Å². The number of nitrogens with zero attached hydrogens (tertiary/aromatic N) is 1.